The fourth-order valence-corrected chi connectivity index (χ4v) is 3.41. The summed E-state index contributed by atoms with van der Waals surface area (Å²) in [5.74, 6) is 0. The number of fused-ring (bicyclic) bond motifs is 1. The monoisotopic (exact) mass is 340 g/mol. The van der Waals surface area contributed by atoms with Gasteiger partial charge in [0.25, 0.3) is 0 Å². The van der Waals surface area contributed by atoms with Gasteiger partial charge in [-0.2, -0.15) is 0 Å². The fraction of sp³-hybridized carbons (Fsp3) is 0.357. The van der Waals surface area contributed by atoms with Gasteiger partial charge in [-0.15, -0.1) is 0 Å². The van der Waals surface area contributed by atoms with E-state index in [4.69, 9.17) is 11.6 Å². The van der Waals surface area contributed by atoms with Crippen molar-refractivity contribution >= 4 is 33.0 Å². The molecule has 0 aliphatic carbocycles. The van der Waals surface area contributed by atoms with Crippen molar-refractivity contribution in [2.45, 2.75) is 13.0 Å². The van der Waals surface area contributed by atoms with Crippen LogP contribution in [0.25, 0.3) is 0 Å². The second kappa shape index (κ2) is 5.48. The van der Waals surface area contributed by atoms with E-state index < -0.39 is 10.0 Å². The molecule has 1 aliphatic heterocycles. The maximum absolute atomic E-state index is 11.7. The average molecular weight is 341 g/mol. The van der Waals surface area contributed by atoms with Gasteiger partial charge in [0.1, 0.15) is 0 Å². The third kappa shape index (κ3) is 2.78. The number of nitrogens with one attached hydrogen (secondary N) is 1. The summed E-state index contributed by atoms with van der Waals surface area (Å²) in [7, 11) is -1.79. The van der Waals surface area contributed by atoms with Crippen LogP contribution in [0.1, 0.15) is 11.3 Å². The molecule has 6 nitrogen and oxygen atoms in total. The van der Waals surface area contributed by atoms with E-state index in [1.807, 2.05) is 6.07 Å². The highest BCUT2D eigenvalue weighted by Crippen LogP contribution is 2.38. The molecule has 0 unspecified atom stereocenters. The number of rotatable bonds is 4. The zero-order valence-corrected chi connectivity index (χ0v) is 13.9. The molecule has 0 fully saturated rings. The number of aromatic nitrogens is 2. The van der Waals surface area contributed by atoms with Crippen molar-refractivity contribution in [2.75, 3.05) is 29.1 Å². The van der Waals surface area contributed by atoms with Crippen LogP contribution < -0.4 is 9.21 Å². The minimum absolute atomic E-state index is 0.572. The van der Waals surface area contributed by atoms with Gasteiger partial charge in [-0.05, 0) is 24.1 Å². The Balaban J connectivity index is 1.97. The smallest absolute Gasteiger partial charge is 0.231 e. The molecule has 0 radical (unpaired) electrons. The normalized spacial score (nSPS) is 14.2. The van der Waals surface area contributed by atoms with Crippen LogP contribution in [0.4, 0.5) is 11.4 Å². The molecule has 8 heteroatoms. The Labute approximate surface area is 134 Å². The molecule has 0 bridgehead atoms. The molecule has 0 spiro atoms. The van der Waals surface area contributed by atoms with Gasteiger partial charge in [-0.25, -0.2) is 13.4 Å². The number of H-pyrrole nitrogens is 1. The van der Waals surface area contributed by atoms with Crippen molar-refractivity contribution in [3.63, 3.8) is 0 Å². The van der Waals surface area contributed by atoms with Gasteiger partial charge in [0.2, 0.25) is 10.0 Å². The third-order valence-electron chi connectivity index (χ3n) is 3.91. The molecule has 3 rings (SSSR count). The Hall–Kier alpha value is -1.73. The Bertz CT molecular complexity index is 789. The van der Waals surface area contributed by atoms with Gasteiger partial charge in [-0.1, -0.05) is 11.6 Å². The van der Waals surface area contributed by atoms with Crippen LogP contribution in [0, 0.1) is 0 Å². The molecule has 0 saturated heterocycles. The van der Waals surface area contributed by atoms with E-state index in [1.54, 1.807) is 18.6 Å². The molecule has 0 amide bonds. The van der Waals surface area contributed by atoms with Crippen LogP contribution in [-0.4, -0.2) is 38.2 Å². The fourth-order valence-electron chi connectivity index (χ4n) is 2.62. The van der Waals surface area contributed by atoms with E-state index in [0.29, 0.717) is 17.3 Å². The van der Waals surface area contributed by atoms with Crippen molar-refractivity contribution in [2.24, 2.45) is 0 Å². The molecule has 1 aliphatic rings. The summed E-state index contributed by atoms with van der Waals surface area (Å²) in [5.41, 5.74) is 3.62. The number of imidazole rings is 1. The molecule has 118 valence electrons. The number of anilines is 2. The van der Waals surface area contributed by atoms with Gasteiger partial charge >= 0.3 is 0 Å². The quantitative estimate of drug-likeness (QED) is 0.924. The summed E-state index contributed by atoms with van der Waals surface area (Å²) in [5, 5.41) is 0.607. The van der Waals surface area contributed by atoms with E-state index in [2.05, 4.69) is 14.9 Å². The summed E-state index contributed by atoms with van der Waals surface area (Å²) in [6.07, 6.45) is 5.46. The van der Waals surface area contributed by atoms with Crippen LogP contribution in [0.15, 0.2) is 24.7 Å². The number of halogens is 1. The second-order valence-corrected chi connectivity index (χ2v) is 7.83. The van der Waals surface area contributed by atoms with E-state index in [9.17, 15) is 8.42 Å². The third-order valence-corrected chi connectivity index (χ3v) is 5.45. The number of aromatic amines is 1. The Morgan fingerprint density at radius 1 is 1.45 bits per heavy atom. The lowest BCUT2D eigenvalue weighted by Crippen LogP contribution is -2.25. The highest BCUT2D eigenvalue weighted by Gasteiger charge is 2.24. The number of hydrogen-bond acceptors (Lipinski definition) is 4. The summed E-state index contributed by atoms with van der Waals surface area (Å²) in [6.45, 7) is 1.54. The van der Waals surface area contributed by atoms with Crippen LogP contribution >= 0.6 is 11.6 Å². The zero-order valence-electron chi connectivity index (χ0n) is 12.4. The largest absolute Gasteiger partial charge is 0.365 e. The van der Waals surface area contributed by atoms with E-state index in [1.165, 1.54) is 17.6 Å². The van der Waals surface area contributed by atoms with Crippen molar-refractivity contribution < 1.29 is 8.42 Å². The molecule has 0 saturated carbocycles. The second-order valence-electron chi connectivity index (χ2n) is 5.40. The van der Waals surface area contributed by atoms with Gasteiger partial charge in [0.15, 0.2) is 0 Å². The topological polar surface area (TPSA) is 69.3 Å². The van der Waals surface area contributed by atoms with E-state index >= 15 is 0 Å². The molecule has 1 N–H and O–H groups in total. The molecule has 0 atom stereocenters. The van der Waals surface area contributed by atoms with Crippen molar-refractivity contribution in [3.8, 4) is 0 Å². The van der Waals surface area contributed by atoms with Crippen molar-refractivity contribution in [1.29, 1.82) is 0 Å². The zero-order chi connectivity index (χ0) is 15.9. The lowest BCUT2D eigenvalue weighted by atomic mass is 10.1. The summed E-state index contributed by atoms with van der Waals surface area (Å²) in [4.78, 5) is 9.27. The number of sulfonamides is 1. The first-order valence-corrected chi connectivity index (χ1v) is 9.07. The lowest BCUT2D eigenvalue weighted by molar-refractivity contribution is 0.600. The highest BCUT2D eigenvalue weighted by atomic mass is 35.5. The van der Waals surface area contributed by atoms with Crippen LogP contribution in [0.5, 0.6) is 0 Å². The Morgan fingerprint density at radius 2 is 2.23 bits per heavy atom. The predicted octanol–water partition coefficient (Wildman–Crippen LogP) is 2.02. The van der Waals surface area contributed by atoms with Crippen molar-refractivity contribution in [1.82, 2.24) is 9.97 Å². The van der Waals surface area contributed by atoms with Gasteiger partial charge in [0.05, 0.1) is 30.5 Å². The number of hydrogen-bond donors (Lipinski definition) is 1. The van der Waals surface area contributed by atoms with Gasteiger partial charge in [-0.3, -0.25) is 4.31 Å². The molecule has 1 aromatic heterocycles. The highest BCUT2D eigenvalue weighted by molar-refractivity contribution is 7.92. The number of nitrogens with zero attached hydrogens (tertiary/aromatic N) is 3. The first-order chi connectivity index (χ1) is 10.4. The predicted molar refractivity (Wildman–Crippen MR) is 88.0 cm³/mol. The standard InChI is InChI=1S/C14H17ClN4O2S/c1-18(22(2,20)21)11-5-13(15)12-3-4-19(14(12)6-11)8-10-7-16-9-17-10/h5-7,9H,3-4,8H2,1-2H3,(H,16,17). The first-order valence-electron chi connectivity index (χ1n) is 6.85. The minimum atomic E-state index is -3.32. The molecular formula is C14H17ClN4O2S. The maximum atomic E-state index is 11.7. The molecule has 2 heterocycles. The first kappa shape index (κ1) is 15.2. The van der Waals surface area contributed by atoms with Crippen LogP contribution in [0.2, 0.25) is 5.02 Å². The minimum Gasteiger partial charge on any atom is -0.365 e. The van der Waals surface area contributed by atoms with Crippen LogP contribution in [0.3, 0.4) is 0 Å². The van der Waals surface area contributed by atoms with Gasteiger partial charge in [0, 0.05) is 30.5 Å². The average Bonchev–Trinajstić information content (AvgIpc) is 3.08. The van der Waals surface area contributed by atoms with Crippen LogP contribution in [-0.2, 0) is 23.0 Å². The molecule has 2 aromatic rings. The Morgan fingerprint density at radius 3 is 2.86 bits per heavy atom. The lowest BCUT2D eigenvalue weighted by Gasteiger charge is -2.22. The Kier molecular flexibility index (Phi) is 3.78. The SMILES string of the molecule is CN(c1cc(Cl)c2c(c1)N(Cc1cnc[nH]1)CC2)S(C)(=O)=O. The summed E-state index contributed by atoms with van der Waals surface area (Å²) < 4.78 is 24.7. The molecule has 22 heavy (non-hydrogen) atoms. The summed E-state index contributed by atoms with van der Waals surface area (Å²) >= 11 is 6.35. The van der Waals surface area contributed by atoms with E-state index in [-0.39, 0.29) is 0 Å². The van der Waals surface area contributed by atoms with Gasteiger partial charge < -0.3 is 9.88 Å². The maximum Gasteiger partial charge on any atom is 0.231 e. The summed E-state index contributed by atoms with van der Waals surface area (Å²) in [6, 6.07) is 3.59. The molecular weight excluding hydrogens is 324 g/mol. The van der Waals surface area contributed by atoms with E-state index in [0.717, 1.165) is 29.9 Å². The van der Waals surface area contributed by atoms with Crippen molar-refractivity contribution in [3.05, 3.63) is 40.9 Å². The number of benzene rings is 1. The molecule has 1 aromatic carbocycles.